The molecule has 0 bridgehead atoms. The molecule has 1 unspecified atom stereocenters. The second kappa shape index (κ2) is 4.75. The van der Waals surface area contributed by atoms with E-state index in [-0.39, 0.29) is 6.10 Å². The van der Waals surface area contributed by atoms with Gasteiger partial charge in [0.2, 0.25) is 11.7 Å². The molecule has 1 saturated heterocycles. The summed E-state index contributed by atoms with van der Waals surface area (Å²) >= 11 is 0. The first-order chi connectivity index (χ1) is 8.81. The molecule has 0 radical (unpaired) electrons. The maximum atomic E-state index is 5.57. The highest BCUT2D eigenvalue weighted by Gasteiger charge is 2.22. The Morgan fingerprint density at radius 3 is 3.11 bits per heavy atom. The Hall–Kier alpha value is -1.93. The molecule has 8 heteroatoms. The normalized spacial score (nSPS) is 20.1. The van der Waals surface area contributed by atoms with Crippen LogP contribution in [0.1, 0.15) is 17.8 Å². The highest BCUT2D eigenvalue weighted by atomic mass is 16.6. The van der Waals surface area contributed by atoms with Crippen molar-refractivity contribution >= 4 is 5.69 Å². The summed E-state index contributed by atoms with van der Waals surface area (Å²) in [5, 5.41) is 7.92. The predicted octanol–water partition coefficient (Wildman–Crippen LogP) is -0.0155. The Bertz CT molecular complexity index is 517. The fourth-order valence-corrected chi connectivity index (χ4v) is 1.70. The van der Waals surface area contributed by atoms with Crippen LogP contribution in [0.4, 0.5) is 5.69 Å². The summed E-state index contributed by atoms with van der Waals surface area (Å²) < 4.78 is 17.5. The predicted molar refractivity (Wildman–Crippen MR) is 59.6 cm³/mol. The van der Waals surface area contributed by atoms with Crippen LogP contribution in [0.2, 0.25) is 0 Å². The molecule has 0 aromatic carbocycles. The molecule has 0 spiro atoms. The van der Waals surface area contributed by atoms with Gasteiger partial charge in [0.25, 0.3) is 0 Å². The third-order valence-corrected chi connectivity index (χ3v) is 2.54. The van der Waals surface area contributed by atoms with Gasteiger partial charge in [-0.25, -0.2) is 0 Å². The lowest BCUT2D eigenvalue weighted by Gasteiger charge is -2.19. The molecule has 0 amide bonds. The number of nitrogens with two attached hydrogens (primary N) is 1. The zero-order valence-electron chi connectivity index (χ0n) is 9.65. The van der Waals surface area contributed by atoms with Crippen molar-refractivity contribution in [2.24, 2.45) is 0 Å². The zero-order chi connectivity index (χ0) is 12.4. The average Bonchev–Trinajstić information content (AvgIpc) is 3.01. The number of nitrogens with zero attached hydrogens (tertiary/aromatic N) is 4. The maximum Gasteiger partial charge on any atom is 0.248 e. The highest BCUT2D eigenvalue weighted by Crippen LogP contribution is 2.17. The summed E-state index contributed by atoms with van der Waals surface area (Å²) in [6, 6.07) is 0. The van der Waals surface area contributed by atoms with Crippen LogP contribution in [-0.4, -0.2) is 39.7 Å². The molecule has 1 aliphatic heterocycles. The average molecular weight is 251 g/mol. The zero-order valence-corrected chi connectivity index (χ0v) is 9.65. The molecule has 8 nitrogen and oxygen atoms in total. The van der Waals surface area contributed by atoms with Crippen LogP contribution in [-0.2, 0) is 16.0 Å². The van der Waals surface area contributed by atoms with Gasteiger partial charge in [-0.3, -0.25) is 4.68 Å². The molecule has 0 saturated carbocycles. The molecular formula is C10H13N5O3. The monoisotopic (exact) mass is 251 g/mol. The topological polar surface area (TPSA) is 101 Å². The SMILES string of the molecule is Nc1cnn(Cc2nc(C3COCCO3)no2)c1. The van der Waals surface area contributed by atoms with Crippen molar-refractivity contribution in [3.63, 3.8) is 0 Å². The number of nitrogen functional groups attached to an aromatic ring is 1. The molecule has 2 N–H and O–H groups in total. The van der Waals surface area contributed by atoms with Crippen LogP contribution < -0.4 is 5.73 Å². The summed E-state index contributed by atoms with van der Waals surface area (Å²) in [7, 11) is 0. The highest BCUT2D eigenvalue weighted by molar-refractivity contribution is 5.30. The lowest BCUT2D eigenvalue weighted by atomic mass is 10.3. The molecule has 1 fully saturated rings. The van der Waals surface area contributed by atoms with E-state index >= 15 is 0 Å². The van der Waals surface area contributed by atoms with Gasteiger partial charge < -0.3 is 19.7 Å². The van der Waals surface area contributed by atoms with Gasteiger partial charge in [0.05, 0.1) is 31.7 Å². The van der Waals surface area contributed by atoms with Crippen LogP contribution >= 0.6 is 0 Å². The minimum atomic E-state index is -0.251. The van der Waals surface area contributed by atoms with E-state index < -0.39 is 0 Å². The second-order valence-electron chi connectivity index (χ2n) is 3.95. The van der Waals surface area contributed by atoms with E-state index in [9.17, 15) is 0 Å². The lowest BCUT2D eigenvalue weighted by molar-refractivity contribution is -0.0941. The largest absolute Gasteiger partial charge is 0.396 e. The van der Waals surface area contributed by atoms with Gasteiger partial charge in [-0.05, 0) is 0 Å². The van der Waals surface area contributed by atoms with E-state index in [1.165, 1.54) is 0 Å². The summed E-state index contributed by atoms with van der Waals surface area (Å²) in [5.74, 6) is 0.965. The Labute approximate surface area is 103 Å². The molecule has 2 aromatic rings. The molecule has 2 aromatic heterocycles. The summed E-state index contributed by atoms with van der Waals surface area (Å²) in [4.78, 5) is 4.25. The summed E-state index contributed by atoms with van der Waals surface area (Å²) in [6.45, 7) is 1.99. The Morgan fingerprint density at radius 1 is 1.44 bits per heavy atom. The number of rotatable bonds is 3. The Morgan fingerprint density at radius 2 is 2.39 bits per heavy atom. The van der Waals surface area contributed by atoms with Crippen LogP contribution in [0.5, 0.6) is 0 Å². The molecule has 1 atom stereocenters. The number of hydrogen-bond donors (Lipinski definition) is 1. The van der Waals surface area contributed by atoms with Crippen molar-refractivity contribution in [2.75, 3.05) is 25.6 Å². The van der Waals surface area contributed by atoms with Gasteiger partial charge >= 0.3 is 0 Å². The van der Waals surface area contributed by atoms with Crippen molar-refractivity contribution in [2.45, 2.75) is 12.6 Å². The molecule has 18 heavy (non-hydrogen) atoms. The van der Waals surface area contributed by atoms with Crippen molar-refractivity contribution in [3.05, 3.63) is 24.1 Å². The van der Waals surface area contributed by atoms with Crippen molar-refractivity contribution in [3.8, 4) is 0 Å². The molecule has 0 aliphatic carbocycles. The van der Waals surface area contributed by atoms with Gasteiger partial charge in [0, 0.05) is 6.20 Å². The third-order valence-electron chi connectivity index (χ3n) is 2.54. The minimum Gasteiger partial charge on any atom is -0.396 e. The molecule has 1 aliphatic rings. The van der Waals surface area contributed by atoms with E-state index in [4.69, 9.17) is 19.7 Å². The van der Waals surface area contributed by atoms with Gasteiger partial charge in [0.15, 0.2) is 0 Å². The Kier molecular flexibility index (Phi) is 2.95. The minimum absolute atomic E-state index is 0.251. The van der Waals surface area contributed by atoms with Crippen molar-refractivity contribution in [1.82, 2.24) is 19.9 Å². The van der Waals surface area contributed by atoms with Crippen LogP contribution in [0, 0.1) is 0 Å². The fraction of sp³-hybridized carbons (Fsp3) is 0.500. The van der Waals surface area contributed by atoms with Crippen LogP contribution in [0.25, 0.3) is 0 Å². The van der Waals surface area contributed by atoms with Crippen molar-refractivity contribution in [1.29, 1.82) is 0 Å². The smallest absolute Gasteiger partial charge is 0.248 e. The van der Waals surface area contributed by atoms with Crippen LogP contribution in [0.15, 0.2) is 16.9 Å². The standard InChI is InChI=1S/C10H13N5O3/c11-7-3-12-15(4-7)5-9-13-10(14-18-9)8-6-16-1-2-17-8/h3-4,8H,1-2,5-6,11H2. The van der Waals surface area contributed by atoms with E-state index in [1.807, 2.05) is 0 Å². The Balaban J connectivity index is 1.69. The van der Waals surface area contributed by atoms with Gasteiger partial charge in [-0.1, -0.05) is 5.16 Å². The third kappa shape index (κ3) is 2.34. The van der Waals surface area contributed by atoms with E-state index in [1.54, 1.807) is 17.1 Å². The van der Waals surface area contributed by atoms with E-state index in [2.05, 4.69) is 15.2 Å². The van der Waals surface area contributed by atoms with Gasteiger partial charge in [-0.2, -0.15) is 10.1 Å². The second-order valence-corrected chi connectivity index (χ2v) is 3.95. The van der Waals surface area contributed by atoms with E-state index in [0.29, 0.717) is 43.8 Å². The maximum absolute atomic E-state index is 5.57. The number of anilines is 1. The lowest BCUT2D eigenvalue weighted by Crippen LogP contribution is -2.22. The first kappa shape index (κ1) is 11.2. The fourth-order valence-electron chi connectivity index (χ4n) is 1.70. The first-order valence-electron chi connectivity index (χ1n) is 5.61. The summed E-state index contributed by atoms with van der Waals surface area (Å²) in [6.07, 6.45) is 3.01. The number of hydrogen-bond acceptors (Lipinski definition) is 7. The quantitative estimate of drug-likeness (QED) is 0.818. The number of aromatic nitrogens is 4. The van der Waals surface area contributed by atoms with E-state index in [0.717, 1.165) is 0 Å². The molecule has 96 valence electrons. The molecular weight excluding hydrogens is 238 g/mol. The number of ether oxygens (including phenoxy) is 2. The van der Waals surface area contributed by atoms with Crippen LogP contribution in [0.3, 0.4) is 0 Å². The van der Waals surface area contributed by atoms with Gasteiger partial charge in [-0.15, -0.1) is 0 Å². The van der Waals surface area contributed by atoms with Crippen molar-refractivity contribution < 1.29 is 14.0 Å². The molecule has 3 heterocycles. The first-order valence-corrected chi connectivity index (χ1v) is 5.61. The van der Waals surface area contributed by atoms with Gasteiger partial charge in [0.1, 0.15) is 12.6 Å². The summed E-state index contributed by atoms with van der Waals surface area (Å²) in [5.41, 5.74) is 6.16. The molecule has 3 rings (SSSR count).